The van der Waals surface area contributed by atoms with Crippen LogP contribution in [0.2, 0.25) is 0 Å². The highest BCUT2D eigenvalue weighted by atomic mass is 32.1. The lowest BCUT2D eigenvalue weighted by Gasteiger charge is -2.22. The van der Waals surface area contributed by atoms with E-state index < -0.39 is 0 Å². The fraction of sp³-hybridized carbons (Fsp3) is 0.533. The molecule has 1 heterocycles. The smallest absolute Gasteiger partial charge is 0.249 e. The van der Waals surface area contributed by atoms with Crippen molar-refractivity contribution in [2.75, 3.05) is 0 Å². The first-order valence-electron chi connectivity index (χ1n) is 7.30. The number of hydrogen-bond donors (Lipinski definition) is 2. The molecule has 0 atom stereocenters. The number of nitrogens with zero attached hydrogens (tertiary/aromatic N) is 1. The van der Waals surface area contributed by atoms with Gasteiger partial charge in [0.05, 0.1) is 6.21 Å². The van der Waals surface area contributed by atoms with E-state index in [1.54, 1.807) is 17.6 Å². The van der Waals surface area contributed by atoms with Crippen molar-refractivity contribution in [3.8, 4) is 0 Å². The molecule has 0 unspecified atom stereocenters. The van der Waals surface area contributed by atoms with E-state index in [0.717, 1.165) is 36.1 Å². The predicted molar refractivity (Wildman–Crippen MR) is 84.4 cm³/mol. The number of aryl methyl sites for hydroxylation is 1. The highest BCUT2D eigenvalue weighted by Crippen LogP contribution is 2.17. The number of carbonyl (C=O) groups excluding carboxylic acids is 2. The van der Waals surface area contributed by atoms with E-state index in [9.17, 15) is 9.59 Å². The van der Waals surface area contributed by atoms with Gasteiger partial charge in [0, 0.05) is 10.9 Å². The molecule has 1 aliphatic rings. The van der Waals surface area contributed by atoms with Gasteiger partial charge in [-0.05, 0) is 36.8 Å². The van der Waals surface area contributed by atoms with Crippen LogP contribution in [0, 0.1) is 6.92 Å². The van der Waals surface area contributed by atoms with E-state index in [-0.39, 0.29) is 24.3 Å². The molecule has 0 spiro atoms. The first-order valence-corrected chi connectivity index (χ1v) is 8.18. The van der Waals surface area contributed by atoms with Crippen LogP contribution >= 0.6 is 11.3 Å². The second kappa shape index (κ2) is 7.93. The lowest BCUT2D eigenvalue weighted by molar-refractivity contribution is -0.129. The Morgan fingerprint density at radius 2 is 2.10 bits per heavy atom. The van der Waals surface area contributed by atoms with Crippen molar-refractivity contribution in [2.24, 2.45) is 5.10 Å². The molecule has 2 rings (SSSR count). The van der Waals surface area contributed by atoms with Crippen LogP contribution in [0.25, 0.3) is 0 Å². The number of carbonyl (C=O) groups is 2. The van der Waals surface area contributed by atoms with Crippen LogP contribution in [0.3, 0.4) is 0 Å². The monoisotopic (exact) mass is 307 g/mol. The lowest BCUT2D eigenvalue weighted by atomic mass is 9.95. The molecule has 21 heavy (non-hydrogen) atoms. The van der Waals surface area contributed by atoms with Crippen molar-refractivity contribution in [1.82, 2.24) is 10.7 Å². The van der Waals surface area contributed by atoms with E-state index in [2.05, 4.69) is 15.8 Å². The Balaban J connectivity index is 1.70. The normalized spacial score (nSPS) is 16.0. The molecule has 5 nitrogen and oxygen atoms in total. The Labute approximate surface area is 128 Å². The van der Waals surface area contributed by atoms with Gasteiger partial charge < -0.3 is 5.32 Å². The van der Waals surface area contributed by atoms with Crippen molar-refractivity contribution >= 4 is 29.4 Å². The Morgan fingerprint density at radius 1 is 1.33 bits per heavy atom. The maximum atomic E-state index is 11.7. The molecular formula is C15H21N3O2S. The van der Waals surface area contributed by atoms with Crippen molar-refractivity contribution < 1.29 is 9.59 Å². The fourth-order valence-corrected chi connectivity index (χ4v) is 3.18. The maximum Gasteiger partial charge on any atom is 0.249 e. The van der Waals surface area contributed by atoms with Gasteiger partial charge in [-0.1, -0.05) is 19.3 Å². The van der Waals surface area contributed by atoms with Crippen molar-refractivity contribution in [3.05, 3.63) is 21.9 Å². The standard InChI is InChI=1S/C15H21N3O2S/c1-11-7-8-21-13(11)10-16-18-15(20)9-14(19)17-12-5-3-2-4-6-12/h7-8,10,12H,2-6,9H2,1H3,(H,17,19)(H,18,20)/b16-10-. The first kappa shape index (κ1) is 15.7. The summed E-state index contributed by atoms with van der Waals surface area (Å²) in [7, 11) is 0. The Hall–Kier alpha value is -1.69. The Bertz CT molecular complexity index is 519. The number of thiophene rings is 1. The highest BCUT2D eigenvalue weighted by molar-refractivity contribution is 7.11. The van der Waals surface area contributed by atoms with Gasteiger partial charge in [0.2, 0.25) is 11.8 Å². The number of nitrogens with one attached hydrogen (secondary N) is 2. The number of amides is 2. The largest absolute Gasteiger partial charge is 0.353 e. The minimum atomic E-state index is -0.381. The van der Waals surface area contributed by atoms with Gasteiger partial charge in [0.25, 0.3) is 0 Å². The van der Waals surface area contributed by atoms with Crippen LogP contribution in [-0.4, -0.2) is 24.1 Å². The van der Waals surface area contributed by atoms with E-state index in [1.807, 2.05) is 18.4 Å². The van der Waals surface area contributed by atoms with Crippen molar-refractivity contribution in [2.45, 2.75) is 51.5 Å². The van der Waals surface area contributed by atoms with Crippen LogP contribution in [-0.2, 0) is 9.59 Å². The number of hydrogen-bond acceptors (Lipinski definition) is 4. The molecule has 1 aromatic rings. The summed E-state index contributed by atoms with van der Waals surface area (Å²) >= 11 is 1.56. The molecule has 2 amide bonds. The highest BCUT2D eigenvalue weighted by Gasteiger charge is 2.17. The van der Waals surface area contributed by atoms with Gasteiger partial charge in [0.1, 0.15) is 6.42 Å². The van der Waals surface area contributed by atoms with Crippen LogP contribution in [0.15, 0.2) is 16.5 Å². The van der Waals surface area contributed by atoms with Gasteiger partial charge in [-0.3, -0.25) is 9.59 Å². The summed E-state index contributed by atoms with van der Waals surface area (Å²) in [6.07, 6.45) is 7.02. The molecule has 1 fully saturated rings. The van der Waals surface area contributed by atoms with Gasteiger partial charge in [-0.15, -0.1) is 11.3 Å². The summed E-state index contributed by atoms with van der Waals surface area (Å²) in [5, 5.41) is 8.76. The van der Waals surface area contributed by atoms with Crippen LogP contribution in [0.1, 0.15) is 49.0 Å². The molecule has 2 N–H and O–H groups in total. The molecule has 1 saturated carbocycles. The zero-order valence-electron chi connectivity index (χ0n) is 12.2. The minimum Gasteiger partial charge on any atom is -0.353 e. The quantitative estimate of drug-likeness (QED) is 0.498. The first-order chi connectivity index (χ1) is 10.1. The molecule has 1 aromatic heterocycles. The third-order valence-corrected chi connectivity index (χ3v) is 4.52. The molecule has 0 saturated heterocycles. The third kappa shape index (κ3) is 5.30. The summed E-state index contributed by atoms with van der Waals surface area (Å²) in [4.78, 5) is 24.4. The molecule has 0 radical (unpaired) electrons. The van der Waals surface area contributed by atoms with E-state index in [1.165, 1.54) is 6.42 Å². The Morgan fingerprint density at radius 3 is 2.76 bits per heavy atom. The summed E-state index contributed by atoms with van der Waals surface area (Å²) in [6, 6.07) is 2.22. The Kier molecular flexibility index (Phi) is 5.92. The lowest BCUT2D eigenvalue weighted by Crippen LogP contribution is -2.38. The topological polar surface area (TPSA) is 70.6 Å². The van der Waals surface area contributed by atoms with E-state index in [4.69, 9.17) is 0 Å². The SMILES string of the molecule is Cc1ccsc1/C=N\NC(=O)CC(=O)NC1CCCCC1. The minimum absolute atomic E-state index is 0.169. The summed E-state index contributed by atoms with van der Waals surface area (Å²) < 4.78 is 0. The second-order valence-electron chi connectivity index (χ2n) is 5.34. The molecule has 6 heteroatoms. The number of rotatable bonds is 5. The van der Waals surface area contributed by atoms with Crippen LogP contribution in [0.5, 0.6) is 0 Å². The molecule has 114 valence electrons. The predicted octanol–water partition coefficient (Wildman–Crippen LogP) is 2.35. The van der Waals surface area contributed by atoms with E-state index >= 15 is 0 Å². The van der Waals surface area contributed by atoms with Crippen molar-refractivity contribution in [1.29, 1.82) is 0 Å². The van der Waals surface area contributed by atoms with Gasteiger partial charge >= 0.3 is 0 Å². The summed E-state index contributed by atoms with van der Waals surface area (Å²) in [5.74, 6) is -0.601. The summed E-state index contributed by atoms with van der Waals surface area (Å²) in [5.41, 5.74) is 3.51. The van der Waals surface area contributed by atoms with Gasteiger partial charge in [0.15, 0.2) is 0 Å². The molecule has 1 aliphatic carbocycles. The van der Waals surface area contributed by atoms with E-state index in [0.29, 0.717) is 0 Å². The molecular weight excluding hydrogens is 286 g/mol. The average Bonchev–Trinajstić information content (AvgIpc) is 2.85. The summed E-state index contributed by atoms with van der Waals surface area (Å²) in [6.45, 7) is 1.98. The third-order valence-electron chi connectivity index (χ3n) is 3.56. The number of hydrazone groups is 1. The second-order valence-corrected chi connectivity index (χ2v) is 6.29. The molecule has 0 bridgehead atoms. The van der Waals surface area contributed by atoms with Gasteiger partial charge in [-0.2, -0.15) is 5.10 Å². The fourth-order valence-electron chi connectivity index (χ4n) is 2.39. The molecule has 0 aromatic carbocycles. The van der Waals surface area contributed by atoms with Crippen molar-refractivity contribution in [3.63, 3.8) is 0 Å². The zero-order chi connectivity index (χ0) is 15.1. The van der Waals surface area contributed by atoms with Gasteiger partial charge in [-0.25, -0.2) is 5.43 Å². The van der Waals surface area contributed by atoms with Crippen LogP contribution < -0.4 is 10.7 Å². The average molecular weight is 307 g/mol. The maximum absolute atomic E-state index is 11.7. The molecule has 0 aliphatic heterocycles. The zero-order valence-corrected chi connectivity index (χ0v) is 13.0. The van der Waals surface area contributed by atoms with Crippen LogP contribution in [0.4, 0.5) is 0 Å².